The van der Waals surface area contributed by atoms with Crippen molar-refractivity contribution in [3.63, 3.8) is 0 Å². The first-order chi connectivity index (χ1) is 19.4. The summed E-state index contributed by atoms with van der Waals surface area (Å²) in [5.41, 5.74) is 5.16. The minimum Gasteiger partial charge on any atom is -0.512 e. The van der Waals surface area contributed by atoms with Gasteiger partial charge >= 0.3 is 0 Å². The molecule has 0 atom stereocenters. The molecule has 2 aliphatic heterocycles. The molecule has 211 valence electrons. The maximum Gasteiger partial charge on any atom is 0.228 e. The molecule has 0 aliphatic carbocycles. The second-order valence-corrected chi connectivity index (χ2v) is 14.1. The molecule has 1 N–H and O–H groups in total. The van der Waals surface area contributed by atoms with E-state index in [1.165, 1.54) is 36.0 Å². The van der Waals surface area contributed by atoms with E-state index in [9.17, 15) is 9.90 Å². The maximum absolute atomic E-state index is 11.6. The molecule has 3 nitrogen and oxygen atoms in total. The number of pyridine rings is 1. The maximum atomic E-state index is 11.6. The predicted octanol–water partition coefficient (Wildman–Crippen LogP) is 7.08. The molecule has 2 aliphatic rings. The fourth-order valence-electron chi connectivity index (χ4n) is 4.53. The van der Waals surface area contributed by atoms with Crippen molar-refractivity contribution in [2.75, 3.05) is 0 Å². The Bertz CT molecular complexity index is 1660. The first-order valence-electron chi connectivity index (χ1n) is 13.9. The first-order valence-corrected chi connectivity index (χ1v) is 15.0. The number of ketones is 1. The molecule has 0 bridgehead atoms. The summed E-state index contributed by atoms with van der Waals surface area (Å²) in [6, 6.07) is 29.1. The van der Waals surface area contributed by atoms with Gasteiger partial charge in [0.05, 0.1) is 1.37 Å². The van der Waals surface area contributed by atoms with E-state index in [0.717, 1.165) is 11.3 Å². The Morgan fingerprint density at radius 2 is 1.54 bits per heavy atom. The van der Waals surface area contributed by atoms with Crippen molar-refractivity contribution < 1.29 is 31.4 Å². The number of carbonyl (C=O) groups is 1. The molecule has 0 spiro atoms. The van der Waals surface area contributed by atoms with Gasteiger partial charge in [-0.25, -0.2) is 0 Å². The van der Waals surface area contributed by atoms with E-state index < -0.39 is 10.8 Å². The molecule has 4 aromatic rings. The number of carbonyl (C=O) groups excluding carboxylic acids is 1. The number of allylic oxidation sites excluding steroid dienone is 2. The van der Waals surface area contributed by atoms with Crippen molar-refractivity contribution >= 4 is 52.4 Å². The normalized spacial score (nSPS) is 14.1. The average Bonchev–Trinajstić information content (AvgIpc) is 2.95. The van der Waals surface area contributed by atoms with Crippen LogP contribution in [0.4, 0.5) is 0 Å². The fraction of sp³-hybridized carbons (Fsp3) is 0.235. The molecule has 0 unspecified atom stereocenters. The van der Waals surface area contributed by atoms with Crippen LogP contribution in [-0.4, -0.2) is 22.6 Å². The van der Waals surface area contributed by atoms with Gasteiger partial charge in [0.15, 0.2) is 5.78 Å². The Morgan fingerprint density at radius 3 is 2.20 bits per heavy atom. The molecule has 7 heteroatoms. The first kappa shape index (κ1) is 29.9. The van der Waals surface area contributed by atoms with Crippen molar-refractivity contribution in [3.8, 4) is 11.3 Å². The summed E-state index contributed by atoms with van der Waals surface area (Å²) in [6.07, 6.45) is 1.86. The van der Waals surface area contributed by atoms with Crippen molar-refractivity contribution in [1.29, 1.82) is 0 Å². The van der Waals surface area contributed by atoms with Crippen LogP contribution in [0.5, 0.6) is 0 Å². The van der Waals surface area contributed by atoms with E-state index in [1.807, 2.05) is 41.9 Å². The zero-order valence-corrected chi connectivity index (χ0v) is 28.1. The number of nitrogens with zero attached hydrogens (tertiary/aromatic N) is 1. The standard InChI is InChI=1S/C23H13BNS2.C11H20O2.Ir/c1-2-11-19-16(8-1)24-17-9-5-7-15(18-10-3-4-14-25-18)23(17)27-21-13-6-12-20(26-19)22(21)24;1-10(2,3)8(12)7-9(13)11(4,5)6;/h1-6,8-14H;7,12H,1-6H3;/q-1;;/b;8-7-;/i;7D;. The molecule has 1 aromatic heterocycles. The number of benzene rings is 3. The van der Waals surface area contributed by atoms with Gasteiger partial charge in [0, 0.05) is 53.0 Å². The minimum atomic E-state index is -0.615. The van der Waals surface area contributed by atoms with Crippen LogP contribution >= 0.6 is 23.5 Å². The SMILES string of the molecule is [2H]/C(C(=O)C(C)(C)C)=C(/O)C(C)(C)C.[Ir].[c-]1ccc2c(c1-c1ccccn1)Sc1cccc3c1B2c1ccccc1S3. The molecule has 3 aromatic carbocycles. The van der Waals surface area contributed by atoms with Crippen molar-refractivity contribution in [1.82, 2.24) is 4.98 Å². The number of hydrogen-bond acceptors (Lipinski definition) is 5. The van der Waals surface area contributed by atoms with Crippen LogP contribution < -0.4 is 16.4 Å². The van der Waals surface area contributed by atoms with Crippen molar-refractivity contribution in [3.05, 3.63) is 96.9 Å². The number of aromatic nitrogens is 1. The van der Waals surface area contributed by atoms with E-state index in [0.29, 0.717) is 0 Å². The molecular formula is C34H33BIrNO2S2-. The molecular weight excluding hydrogens is 722 g/mol. The Balaban J connectivity index is 0.000000234. The number of fused-ring (bicyclic) bond motifs is 4. The van der Waals surface area contributed by atoms with E-state index in [4.69, 9.17) is 1.37 Å². The second kappa shape index (κ2) is 12.3. The van der Waals surface area contributed by atoms with Gasteiger partial charge in [0.1, 0.15) is 5.76 Å². The van der Waals surface area contributed by atoms with Gasteiger partial charge in [-0.05, 0) is 40.3 Å². The molecule has 0 amide bonds. The van der Waals surface area contributed by atoms with Crippen molar-refractivity contribution in [2.45, 2.75) is 61.1 Å². The van der Waals surface area contributed by atoms with E-state index in [-0.39, 0.29) is 44.4 Å². The van der Waals surface area contributed by atoms with Gasteiger partial charge in [-0.1, -0.05) is 100 Å². The van der Waals surface area contributed by atoms with Crippen LogP contribution in [0.3, 0.4) is 0 Å². The zero-order valence-electron chi connectivity index (χ0n) is 25.0. The van der Waals surface area contributed by atoms with Crippen LogP contribution in [0.1, 0.15) is 42.9 Å². The zero-order chi connectivity index (χ0) is 29.5. The summed E-state index contributed by atoms with van der Waals surface area (Å²) >= 11 is 3.75. The van der Waals surface area contributed by atoms with Gasteiger partial charge in [0.2, 0.25) is 6.71 Å². The molecule has 3 heterocycles. The predicted molar refractivity (Wildman–Crippen MR) is 169 cm³/mol. The smallest absolute Gasteiger partial charge is 0.228 e. The van der Waals surface area contributed by atoms with Crippen LogP contribution in [-0.2, 0) is 24.9 Å². The molecule has 0 fully saturated rings. The number of rotatable bonds is 2. The quantitative estimate of drug-likeness (QED) is 0.0887. The largest absolute Gasteiger partial charge is 0.512 e. The Labute approximate surface area is 267 Å². The molecule has 0 saturated carbocycles. The Morgan fingerprint density at radius 1 is 0.878 bits per heavy atom. The summed E-state index contributed by atoms with van der Waals surface area (Å²) in [7, 11) is 0. The third-order valence-electron chi connectivity index (χ3n) is 6.81. The average molecular weight is 756 g/mol. The Kier molecular flexibility index (Phi) is 9.01. The number of aliphatic hydroxyl groups excluding tert-OH is 1. The van der Waals surface area contributed by atoms with Gasteiger partial charge in [0.25, 0.3) is 0 Å². The Hall–Kier alpha value is -2.57. The van der Waals surface area contributed by atoms with Gasteiger partial charge < -0.3 is 10.1 Å². The molecule has 1 radical (unpaired) electrons. The van der Waals surface area contributed by atoms with Crippen LogP contribution in [0.15, 0.2) is 110 Å². The van der Waals surface area contributed by atoms with E-state index >= 15 is 0 Å². The number of hydrogen-bond donors (Lipinski definition) is 1. The molecule has 6 rings (SSSR count). The topological polar surface area (TPSA) is 50.2 Å². The fourth-order valence-corrected chi connectivity index (χ4v) is 7.04. The second-order valence-electron chi connectivity index (χ2n) is 12.0. The monoisotopic (exact) mass is 756 g/mol. The molecule has 41 heavy (non-hydrogen) atoms. The summed E-state index contributed by atoms with van der Waals surface area (Å²) in [5, 5.41) is 9.66. The van der Waals surface area contributed by atoms with Gasteiger partial charge in [-0.3, -0.25) is 4.79 Å². The van der Waals surface area contributed by atoms with Crippen LogP contribution in [0.25, 0.3) is 11.3 Å². The summed E-state index contributed by atoms with van der Waals surface area (Å²) in [6.45, 7) is 10.8. The number of aliphatic hydroxyl groups is 1. The minimum absolute atomic E-state index is 0. The van der Waals surface area contributed by atoms with Gasteiger partial charge in [-0.2, -0.15) is 0 Å². The summed E-state index contributed by atoms with van der Waals surface area (Å²) < 4.78 is 7.58. The third-order valence-corrected chi connectivity index (χ3v) is 9.20. The van der Waals surface area contributed by atoms with E-state index in [2.05, 4.69) is 71.7 Å². The van der Waals surface area contributed by atoms with E-state index in [1.54, 1.807) is 41.5 Å². The van der Waals surface area contributed by atoms with Crippen LogP contribution in [0.2, 0.25) is 0 Å². The molecule has 0 saturated heterocycles. The third kappa shape index (κ3) is 6.59. The van der Waals surface area contributed by atoms with Crippen LogP contribution in [0, 0.1) is 16.9 Å². The summed E-state index contributed by atoms with van der Waals surface area (Å²) in [5.74, 6) is -0.470. The van der Waals surface area contributed by atoms with Crippen molar-refractivity contribution in [2.24, 2.45) is 10.8 Å². The van der Waals surface area contributed by atoms with Gasteiger partial charge in [-0.15, -0.1) is 41.0 Å². The summed E-state index contributed by atoms with van der Waals surface area (Å²) in [4.78, 5) is 21.6.